The van der Waals surface area contributed by atoms with E-state index in [1.807, 2.05) is 36.2 Å². The molecule has 20 heavy (non-hydrogen) atoms. The first-order valence-electron chi connectivity index (χ1n) is 5.98. The number of hydrogen-bond donors (Lipinski definition) is 2. The molecule has 5 nitrogen and oxygen atoms in total. The molecule has 6 heteroatoms. The van der Waals surface area contributed by atoms with Crippen LogP contribution in [0.5, 0.6) is 0 Å². The second-order valence-corrected chi connectivity index (χ2v) is 4.92. The molecule has 0 atom stereocenters. The van der Waals surface area contributed by atoms with Crippen LogP contribution in [0.4, 0.5) is 11.5 Å². The largest absolute Gasteiger partial charge is 0.397 e. The Morgan fingerprint density at radius 1 is 1.40 bits per heavy atom. The predicted molar refractivity (Wildman–Crippen MR) is 80.7 cm³/mol. The summed E-state index contributed by atoms with van der Waals surface area (Å²) in [5, 5.41) is 0.680. The van der Waals surface area contributed by atoms with Crippen molar-refractivity contribution in [3.63, 3.8) is 0 Å². The fourth-order valence-electron chi connectivity index (χ4n) is 1.87. The lowest BCUT2D eigenvalue weighted by Crippen LogP contribution is -2.20. The summed E-state index contributed by atoms with van der Waals surface area (Å²) in [5.74, 6) is 0.0512. The van der Waals surface area contributed by atoms with Crippen LogP contribution >= 0.6 is 11.6 Å². The van der Waals surface area contributed by atoms with Gasteiger partial charge in [-0.3, -0.25) is 4.79 Å². The summed E-state index contributed by atoms with van der Waals surface area (Å²) in [6.45, 7) is 0.607. The van der Waals surface area contributed by atoms with Gasteiger partial charge in [0.1, 0.15) is 5.82 Å². The van der Waals surface area contributed by atoms with Gasteiger partial charge in [0.15, 0.2) is 0 Å². The lowest BCUT2D eigenvalue weighted by molar-refractivity contribution is 0.100. The van der Waals surface area contributed by atoms with Crippen LogP contribution in [0.25, 0.3) is 0 Å². The summed E-state index contributed by atoms with van der Waals surface area (Å²) in [7, 11) is 1.87. The first-order valence-corrected chi connectivity index (χ1v) is 6.36. The van der Waals surface area contributed by atoms with Crippen LogP contribution in [0.2, 0.25) is 5.02 Å². The summed E-state index contributed by atoms with van der Waals surface area (Å²) in [5.41, 5.74) is 12.5. The second-order valence-electron chi connectivity index (χ2n) is 4.48. The molecule has 2 aromatic rings. The van der Waals surface area contributed by atoms with Crippen LogP contribution in [0, 0.1) is 0 Å². The van der Waals surface area contributed by atoms with Gasteiger partial charge in [0, 0.05) is 18.6 Å². The number of aromatic nitrogens is 1. The zero-order chi connectivity index (χ0) is 14.7. The van der Waals surface area contributed by atoms with Crippen LogP contribution < -0.4 is 16.4 Å². The molecular formula is C14H15ClN4O. The third-order valence-electron chi connectivity index (χ3n) is 2.89. The fourth-order valence-corrected chi connectivity index (χ4v) is 2.08. The highest BCUT2D eigenvalue weighted by Crippen LogP contribution is 2.19. The average Bonchev–Trinajstić information content (AvgIpc) is 2.38. The highest BCUT2D eigenvalue weighted by Gasteiger charge is 2.11. The minimum absolute atomic E-state index is 0.271. The van der Waals surface area contributed by atoms with Crippen molar-refractivity contribution in [2.24, 2.45) is 5.73 Å². The highest BCUT2D eigenvalue weighted by atomic mass is 35.5. The number of pyridine rings is 1. The Labute approximate surface area is 122 Å². The molecular weight excluding hydrogens is 276 g/mol. The third-order valence-corrected chi connectivity index (χ3v) is 3.12. The van der Waals surface area contributed by atoms with E-state index in [2.05, 4.69) is 4.98 Å². The predicted octanol–water partition coefficient (Wildman–Crippen LogP) is 2.05. The van der Waals surface area contributed by atoms with E-state index in [1.165, 1.54) is 6.20 Å². The van der Waals surface area contributed by atoms with Crippen molar-refractivity contribution in [2.75, 3.05) is 17.7 Å². The van der Waals surface area contributed by atoms with Crippen molar-refractivity contribution < 1.29 is 4.79 Å². The van der Waals surface area contributed by atoms with Gasteiger partial charge in [-0.05, 0) is 23.8 Å². The second kappa shape index (κ2) is 5.79. The van der Waals surface area contributed by atoms with Gasteiger partial charge in [0.05, 0.1) is 17.4 Å². The van der Waals surface area contributed by atoms with Gasteiger partial charge in [0.25, 0.3) is 5.91 Å². The van der Waals surface area contributed by atoms with Crippen LogP contribution in [-0.2, 0) is 6.54 Å². The Kier molecular flexibility index (Phi) is 4.10. The van der Waals surface area contributed by atoms with Gasteiger partial charge in [0.2, 0.25) is 0 Å². The number of benzene rings is 1. The number of halogens is 1. The fraction of sp³-hybridized carbons (Fsp3) is 0.143. The van der Waals surface area contributed by atoms with Crippen LogP contribution in [0.15, 0.2) is 36.5 Å². The maximum absolute atomic E-state index is 11.3. The van der Waals surface area contributed by atoms with Gasteiger partial charge in [-0.1, -0.05) is 23.7 Å². The Balaban J connectivity index is 2.23. The number of nitrogens with two attached hydrogens (primary N) is 2. The molecule has 0 saturated heterocycles. The van der Waals surface area contributed by atoms with Crippen molar-refractivity contribution in [3.8, 4) is 0 Å². The monoisotopic (exact) mass is 290 g/mol. The smallest absolute Gasteiger partial charge is 0.250 e. The molecule has 2 rings (SSSR count). The molecule has 0 spiro atoms. The molecule has 1 amide bonds. The molecule has 0 aliphatic rings. The molecule has 1 aromatic heterocycles. The van der Waals surface area contributed by atoms with E-state index >= 15 is 0 Å². The quantitative estimate of drug-likeness (QED) is 0.902. The molecule has 0 bridgehead atoms. The topological polar surface area (TPSA) is 85.2 Å². The normalized spacial score (nSPS) is 10.3. The number of primary amides is 1. The standard InChI is InChI=1S/C14H15ClN4O/c1-19(8-9-3-2-4-10(15)5-9)13-6-11(14(17)20)12(16)7-18-13/h2-7H,8,16H2,1H3,(H2,17,20). The summed E-state index contributed by atoms with van der Waals surface area (Å²) in [6.07, 6.45) is 1.43. The summed E-state index contributed by atoms with van der Waals surface area (Å²) in [6, 6.07) is 9.13. The first kappa shape index (κ1) is 14.1. The SMILES string of the molecule is CN(Cc1cccc(Cl)c1)c1cc(C(N)=O)c(N)cn1. The maximum atomic E-state index is 11.3. The van der Waals surface area contributed by atoms with Gasteiger partial charge >= 0.3 is 0 Å². The molecule has 0 unspecified atom stereocenters. The number of anilines is 2. The number of nitrogens with zero attached hydrogens (tertiary/aromatic N) is 2. The van der Waals surface area contributed by atoms with Crippen molar-refractivity contribution in [1.82, 2.24) is 4.98 Å². The Morgan fingerprint density at radius 3 is 2.80 bits per heavy atom. The highest BCUT2D eigenvalue weighted by molar-refractivity contribution is 6.30. The zero-order valence-electron chi connectivity index (χ0n) is 11.0. The van der Waals surface area contributed by atoms with E-state index in [0.717, 1.165) is 5.56 Å². The van der Waals surface area contributed by atoms with E-state index in [1.54, 1.807) is 6.07 Å². The van der Waals surface area contributed by atoms with Gasteiger partial charge in [-0.15, -0.1) is 0 Å². The molecule has 0 saturated carbocycles. The number of carbonyl (C=O) groups is 1. The van der Waals surface area contributed by atoms with Crippen molar-refractivity contribution in [2.45, 2.75) is 6.54 Å². The molecule has 0 radical (unpaired) electrons. The lowest BCUT2D eigenvalue weighted by Gasteiger charge is -2.19. The van der Waals surface area contributed by atoms with E-state index < -0.39 is 5.91 Å². The van der Waals surface area contributed by atoms with Crippen molar-refractivity contribution in [3.05, 3.63) is 52.7 Å². The van der Waals surface area contributed by atoms with E-state index in [0.29, 0.717) is 17.4 Å². The Hall–Kier alpha value is -2.27. The number of nitrogen functional groups attached to an aromatic ring is 1. The maximum Gasteiger partial charge on any atom is 0.250 e. The van der Waals surface area contributed by atoms with Crippen molar-refractivity contribution >= 4 is 29.0 Å². The average molecular weight is 291 g/mol. The van der Waals surface area contributed by atoms with Crippen LogP contribution in [0.3, 0.4) is 0 Å². The molecule has 0 aliphatic carbocycles. The Bertz CT molecular complexity index is 645. The summed E-state index contributed by atoms with van der Waals surface area (Å²) in [4.78, 5) is 17.4. The minimum Gasteiger partial charge on any atom is -0.397 e. The molecule has 4 N–H and O–H groups in total. The third kappa shape index (κ3) is 3.19. The number of hydrogen-bond acceptors (Lipinski definition) is 4. The van der Waals surface area contributed by atoms with Gasteiger partial charge < -0.3 is 16.4 Å². The van der Waals surface area contributed by atoms with Crippen LogP contribution in [-0.4, -0.2) is 17.9 Å². The first-order chi connectivity index (χ1) is 9.47. The minimum atomic E-state index is -0.567. The molecule has 1 aromatic carbocycles. The lowest BCUT2D eigenvalue weighted by atomic mass is 10.2. The zero-order valence-corrected chi connectivity index (χ0v) is 11.8. The van der Waals surface area contributed by atoms with E-state index in [4.69, 9.17) is 23.1 Å². The summed E-state index contributed by atoms with van der Waals surface area (Å²) < 4.78 is 0. The molecule has 104 valence electrons. The molecule has 0 aliphatic heterocycles. The Morgan fingerprint density at radius 2 is 2.15 bits per heavy atom. The van der Waals surface area contributed by atoms with Crippen molar-refractivity contribution in [1.29, 1.82) is 0 Å². The molecule has 1 heterocycles. The van der Waals surface area contributed by atoms with Gasteiger partial charge in [-0.2, -0.15) is 0 Å². The summed E-state index contributed by atoms with van der Waals surface area (Å²) >= 11 is 5.95. The number of amides is 1. The number of carbonyl (C=O) groups excluding carboxylic acids is 1. The number of rotatable bonds is 4. The van der Waals surface area contributed by atoms with E-state index in [-0.39, 0.29) is 11.3 Å². The molecule has 0 fully saturated rings. The van der Waals surface area contributed by atoms with Gasteiger partial charge in [-0.25, -0.2) is 4.98 Å². The van der Waals surface area contributed by atoms with E-state index in [9.17, 15) is 4.79 Å². The van der Waals surface area contributed by atoms with Crippen LogP contribution in [0.1, 0.15) is 15.9 Å².